The van der Waals surface area contributed by atoms with E-state index in [1.54, 1.807) is 12.3 Å². The molecule has 0 aliphatic carbocycles. The zero-order chi connectivity index (χ0) is 14.5. The minimum atomic E-state index is -4.40. The summed E-state index contributed by atoms with van der Waals surface area (Å²) in [5.74, 6) is -0.269. The molecule has 0 aliphatic rings. The number of rotatable bonds is 5. The largest absolute Gasteiger partial charge is 0.486 e. The summed E-state index contributed by atoms with van der Waals surface area (Å²) in [4.78, 5) is 11.5. The molecule has 0 amide bonds. The Hall–Kier alpha value is -1.68. The van der Waals surface area contributed by atoms with E-state index in [9.17, 15) is 18.0 Å². The molecule has 0 saturated heterocycles. The Morgan fingerprint density at radius 3 is 2.42 bits per heavy atom. The number of benzene rings is 1. The van der Waals surface area contributed by atoms with E-state index >= 15 is 0 Å². The van der Waals surface area contributed by atoms with Crippen molar-refractivity contribution >= 4 is 17.5 Å². The number of halogens is 3. The number of Topliss-reactive ketones (excluding diaryl/α,β-unsaturated/α-hetero) is 1. The summed E-state index contributed by atoms with van der Waals surface area (Å²) < 4.78 is 41.9. The van der Waals surface area contributed by atoms with Crippen molar-refractivity contribution < 1.29 is 22.7 Å². The Morgan fingerprint density at radius 1 is 1.42 bits per heavy atom. The lowest BCUT2D eigenvalue weighted by Gasteiger charge is -2.09. The number of nitriles is 1. The highest BCUT2D eigenvalue weighted by molar-refractivity contribution is 8.00. The minimum absolute atomic E-state index is 0.152. The molecule has 1 atom stereocenters. The average Bonchev–Trinajstić information content (AvgIpc) is 2.37. The van der Waals surface area contributed by atoms with Gasteiger partial charge in [-0.1, -0.05) is 0 Å². The molecular formula is C12H10F3NO2S. The van der Waals surface area contributed by atoms with Crippen LogP contribution in [0.5, 0.6) is 5.75 Å². The highest BCUT2D eigenvalue weighted by Crippen LogP contribution is 2.30. The SMILES string of the molecule is CSC(C#N)C(=O)COc1ccc(C(F)(F)F)cc1. The molecule has 0 spiro atoms. The van der Waals surface area contributed by atoms with Crippen molar-refractivity contribution in [2.75, 3.05) is 12.9 Å². The van der Waals surface area contributed by atoms with Gasteiger partial charge in [0.1, 0.15) is 12.4 Å². The van der Waals surface area contributed by atoms with Crippen LogP contribution in [0.2, 0.25) is 0 Å². The van der Waals surface area contributed by atoms with Gasteiger partial charge in [-0.3, -0.25) is 4.79 Å². The zero-order valence-electron chi connectivity index (χ0n) is 9.90. The van der Waals surface area contributed by atoms with E-state index in [0.717, 1.165) is 36.0 Å². The molecule has 102 valence electrons. The number of ether oxygens (including phenoxy) is 1. The number of ketones is 1. The quantitative estimate of drug-likeness (QED) is 0.836. The van der Waals surface area contributed by atoms with Crippen LogP contribution in [0.25, 0.3) is 0 Å². The normalized spacial score (nSPS) is 12.6. The van der Waals surface area contributed by atoms with Gasteiger partial charge in [0.15, 0.2) is 11.0 Å². The summed E-state index contributed by atoms with van der Waals surface area (Å²) >= 11 is 1.08. The molecule has 1 rings (SSSR count). The second-order valence-corrected chi connectivity index (χ2v) is 4.46. The lowest BCUT2D eigenvalue weighted by molar-refractivity contribution is -0.137. The van der Waals surface area contributed by atoms with Crippen LogP contribution in [0.3, 0.4) is 0 Å². The first-order valence-electron chi connectivity index (χ1n) is 5.13. The average molecular weight is 289 g/mol. The van der Waals surface area contributed by atoms with Gasteiger partial charge >= 0.3 is 6.18 Å². The van der Waals surface area contributed by atoms with Crippen molar-refractivity contribution in [3.63, 3.8) is 0 Å². The Bertz CT molecular complexity index is 479. The maximum atomic E-state index is 12.3. The van der Waals surface area contributed by atoms with E-state index in [1.807, 2.05) is 0 Å². The maximum Gasteiger partial charge on any atom is 0.416 e. The monoisotopic (exact) mass is 289 g/mol. The van der Waals surface area contributed by atoms with Crippen molar-refractivity contribution in [3.8, 4) is 11.8 Å². The minimum Gasteiger partial charge on any atom is -0.486 e. The first kappa shape index (κ1) is 15.4. The fraction of sp³-hybridized carbons (Fsp3) is 0.333. The number of hydrogen-bond acceptors (Lipinski definition) is 4. The lowest BCUT2D eigenvalue weighted by atomic mass is 10.2. The number of hydrogen-bond donors (Lipinski definition) is 0. The van der Waals surface area contributed by atoms with Gasteiger partial charge in [0, 0.05) is 0 Å². The van der Waals surface area contributed by atoms with E-state index in [0.29, 0.717) is 0 Å². The second-order valence-electron chi connectivity index (χ2n) is 3.52. The highest BCUT2D eigenvalue weighted by Gasteiger charge is 2.30. The molecule has 0 fully saturated rings. The van der Waals surface area contributed by atoms with E-state index < -0.39 is 22.8 Å². The maximum absolute atomic E-state index is 12.3. The molecule has 0 N–H and O–H groups in total. The number of carbonyl (C=O) groups excluding carboxylic acids is 1. The highest BCUT2D eigenvalue weighted by atomic mass is 32.2. The fourth-order valence-electron chi connectivity index (χ4n) is 1.23. The lowest BCUT2D eigenvalue weighted by Crippen LogP contribution is -2.22. The predicted molar refractivity (Wildman–Crippen MR) is 64.9 cm³/mol. The van der Waals surface area contributed by atoms with Crippen LogP contribution in [0.4, 0.5) is 13.2 Å². The summed E-state index contributed by atoms with van der Waals surface area (Å²) in [5, 5.41) is 7.82. The molecule has 1 aromatic rings. The summed E-state index contributed by atoms with van der Waals surface area (Å²) in [6.45, 7) is -0.343. The van der Waals surface area contributed by atoms with Gasteiger partial charge in [0.25, 0.3) is 0 Å². The first-order valence-corrected chi connectivity index (χ1v) is 6.42. The third kappa shape index (κ3) is 4.48. The first-order chi connectivity index (χ1) is 8.88. The third-order valence-corrected chi connectivity index (χ3v) is 3.05. The number of alkyl halides is 3. The van der Waals surface area contributed by atoms with Crippen LogP contribution in [-0.2, 0) is 11.0 Å². The Morgan fingerprint density at radius 2 is 2.00 bits per heavy atom. The van der Waals surface area contributed by atoms with E-state index in [4.69, 9.17) is 10.00 Å². The fourth-order valence-corrected chi connectivity index (χ4v) is 1.66. The molecule has 1 aromatic carbocycles. The number of nitrogens with zero attached hydrogens (tertiary/aromatic N) is 1. The van der Waals surface area contributed by atoms with Crippen LogP contribution < -0.4 is 4.74 Å². The van der Waals surface area contributed by atoms with Gasteiger partial charge in [-0.25, -0.2) is 0 Å². The van der Waals surface area contributed by atoms with Crippen molar-refractivity contribution in [1.82, 2.24) is 0 Å². The Balaban J connectivity index is 2.60. The number of thioether (sulfide) groups is 1. The van der Waals surface area contributed by atoms with Crippen LogP contribution in [0.15, 0.2) is 24.3 Å². The number of carbonyl (C=O) groups is 1. The smallest absolute Gasteiger partial charge is 0.416 e. The topological polar surface area (TPSA) is 50.1 Å². The molecule has 3 nitrogen and oxygen atoms in total. The predicted octanol–water partition coefficient (Wildman–Crippen LogP) is 2.91. The van der Waals surface area contributed by atoms with Gasteiger partial charge in [-0.2, -0.15) is 18.4 Å². The zero-order valence-corrected chi connectivity index (χ0v) is 10.7. The molecule has 1 unspecified atom stereocenters. The van der Waals surface area contributed by atoms with E-state index in [2.05, 4.69) is 0 Å². The van der Waals surface area contributed by atoms with Crippen molar-refractivity contribution in [2.24, 2.45) is 0 Å². The van der Waals surface area contributed by atoms with E-state index in [1.165, 1.54) is 0 Å². The summed E-state index contributed by atoms with van der Waals surface area (Å²) in [6, 6.07) is 5.81. The summed E-state index contributed by atoms with van der Waals surface area (Å²) in [6.07, 6.45) is -2.79. The second kappa shape index (κ2) is 6.48. The van der Waals surface area contributed by atoms with Gasteiger partial charge in [-0.05, 0) is 30.5 Å². The molecule has 0 aliphatic heterocycles. The standard InChI is InChI=1S/C12H10F3NO2S/c1-19-11(6-16)10(17)7-18-9-4-2-8(3-5-9)12(13,14)15/h2-5,11H,7H2,1H3. The Labute approximate surface area is 112 Å². The van der Waals surface area contributed by atoms with Crippen molar-refractivity contribution in [1.29, 1.82) is 5.26 Å². The molecule has 0 aromatic heterocycles. The van der Waals surface area contributed by atoms with Crippen molar-refractivity contribution in [2.45, 2.75) is 11.4 Å². The van der Waals surface area contributed by atoms with Crippen LogP contribution in [0.1, 0.15) is 5.56 Å². The molecule has 19 heavy (non-hydrogen) atoms. The van der Waals surface area contributed by atoms with Crippen LogP contribution >= 0.6 is 11.8 Å². The summed E-state index contributed by atoms with van der Waals surface area (Å²) in [5.41, 5.74) is -0.787. The molecule has 0 saturated carbocycles. The van der Waals surface area contributed by atoms with Gasteiger partial charge < -0.3 is 4.74 Å². The third-order valence-electron chi connectivity index (χ3n) is 2.21. The molecule has 0 bridgehead atoms. The van der Waals surface area contributed by atoms with Gasteiger partial charge in [0.2, 0.25) is 0 Å². The Kier molecular flexibility index (Phi) is 5.24. The van der Waals surface area contributed by atoms with Gasteiger partial charge in [-0.15, -0.1) is 11.8 Å². The summed E-state index contributed by atoms with van der Waals surface area (Å²) in [7, 11) is 0. The van der Waals surface area contributed by atoms with Gasteiger partial charge in [0.05, 0.1) is 11.6 Å². The molecule has 0 radical (unpaired) electrons. The molecule has 7 heteroatoms. The van der Waals surface area contributed by atoms with E-state index in [-0.39, 0.29) is 12.4 Å². The van der Waals surface area contributed by atoms with Crippen LogP contribution in [0, 0.1) is 11.3 Å². The molecular weight excluding hydrogens is 279 g/mol. The van der Waals surface area contributed by atoms with Crippen molar-refractivity contribution in [3.05, 3.63) is 29.8 Å². The molecule has 0 heterocycles. The van der Waals surface area contributed by atoms with Crippen LogP contribution in [-0.4, -0.2) is 23.9 Å².